The normalized spacial score (nSPS) is 12.3. The zero-order valence-corrected chi connectivity index (χ0v) is 83.5. The minimum absolute atomic E-state index is 0.0570. The van der Waals surface area contributed by atoms with Crippen molar-refractivity contribution in [2.24, 2.45) is 5.92 Å². The number of carbonyl (C=O) groups is 8. The molecule has 0 bridgehead atoms. The highest BCUT2D eigenvalue weighted by atomic mass is 32.2. The number of unbranched alkanes of at least 4 members (excludes halogenated alkanes) is 3. The third-order valence-electron chi connectivity index (χ3n) is 24.8. The lowest BCUT2D eigenvalue weighted by molar-refractivity contribution is -0.138. The van der Waals surface area contributed by atoms with Crippen molar-refractivity contribution in [2.45, 2.75) is 127 Å². The Hall–Kier alpha value is -12.2. The van der Waals surface area contributed by atoms with Crippen LogP contribution in [0.15, 0.2) is 364 Å². The van der Waals surface area contributed by atoms with Crippen LogP contribution >= 0.6 is 47.0 Å². The van der Waals surface area contributed by atoms with Gasteiger partial charge in [0, 0.05) is 87.2 Å². The zero-order chi connectivity index (χ0) is 98.5. The number of carboxylic acid groups (broad SMARTS) is 1. The molecule has 6 amide bonds. The predicted octanol–water partition coefficient (Wildman–Crippen LogP) is 20.5. The van der Waals surface area contributed by atoms with Gasteiger partial charge in [-0.1, -0.05) is 370 Å². The van der Waals surface area contributed by atoms with Crippen LogP contribution in [0.2, 0.25) is 0 Å². The van der Waals surface area contributed by atoms with Crippen LogP contribution in [0.1, 0.15) is 163 Å². The van der Waals surface area contributed by atoms with Gasteiger partial charge in [0.05, 0.1) is 84.3 Å². The first-order valence-corrected chi connectivity index (χ1v) is 53.1. The average molecular weight is 1970 g/mol. The fraction of sp³-hybridized carbons (Fsp3) is 0.322. The standard InChI is InChI=1S/C118H132N6O13S4/c125-107(105(123-110(128)73-89-140-117(99-56-25-7-26-57-99,100-58-27-8-28-59-100)101-60-29-9-30-61-101)68-38-41-75-119-108(126)71-87-138-115(93-44-13-1-14-45-93,94-46-15-2-16-47-94)95-48-17-3-18-49-95)91-92(113(132)122-78-80-135-82-84-137-86-85-136-83-81-134-79-70-112(130)131)43-37-40-77-121-114(133)106(124-111(129)74-90-141-118(102-62-31-10-32-63-102,103-64-33-11-34-65-103)104-66-35-12-36-67-104)69-39-42-76-120-109(127)72-88-139-116(96-50-19-4-20-51-96,97-52-21-5-22-53-97)98-54-23-6-24-55-98/h1-36,44-67,92,105-106H,37-43,68-91H2,(H,119,126)(H,120,127)(H,121,133)(H,122,132)(H,123,128)(H,124,129)(H,130,131)/t92-,105+,106+/m1/s1. The van der Waals surface area contributed by atoms with Crippen molar-refractivity contribution in [1.82, 2.24) is 31.9 Å². The highest BCUT2D eigenvalue weighted by Gasteiger charge is 2.42. The van der Waals surface area contributed by atoms with E-state index < -0.39 is 43.0 Å². The lowest BCUT2D eigenvalue weighted by atomic mass is 9.84. The first-order chi connectivity index (χ1) is 69.2. The van der Waals surface area contributed by atoms with Gasteiger partial charge in [0.1, 0.15) is 6.04 Å². The van der Waals surface area contributed by atoms with Gasteiger partial charge in [-0.05, 0) is 118 Å². The molecule has 0 radical (unpaired) electrons. The number of nitrogens with one attached hydrogen (secondary N) is 6. The predicted molar refractivity (Wildman–Crippen MR) is 571 cm³/mol. The van der Waals surface area contributed by atoms with Gasteiger partial charge in [-0.3, -0.25) is 38.4 Å². The average Bonchev–Trinajstić information content (AvgIpc) is 0.772. The Balaban J connectivity index is 0.725. The number of hydrogen-bond acceptors (Lipinski definition) is 16. The van der Waals surface area contributed by atoms with E-state index in [1.165, 1.54) is 0 Å². The van der Waals surface area contributed by atoms with Crippen LogP contribution in [-0.4, -0.2) is 166 Å². The fourth-order valence-corrected chi connectivity index (χ4v) is 23.8. The molecule has 0 fully saturated rings. The Morgan fingerprint density at radius 3 is 0.745 bits per heavy atom. The number of thioether (sulfide) groups is 4. The van der Waals surface area contributed by atoms with Gasteiger partial charge >= 0.3 is 5.97 Å². The molecule has 0 saturated carbocycles. The van der Waals surface area contributed by atoms with Crippen LogP contribution in [0.3, 0.4) is 0 Å². The third-order valence-corrected chi connectivity index (χ3v) is 31.0. The van der Waals surface area contributed by atoms with Crippen molar-refractivity contribution in [1.29, 1.82) is 0 Å². The number of amides is 6. The third kappa shape index (κ3) is 32.4. The Kier molecular flexibility index (Phi) is 45.5. The monoisotopic (exact) mass is 1970 g/mol. The van der Waals surface area contributed by atoms with E-state index in [1.807, 2.05) is 218 Å². The van der Waals surface area contributed by atoms with Crippen molar-refractivity contribution in [2.75, 3.05) is 102 Å². The maximum Gasteiger partial charge on any atom is 0.305 e. The van der Waals surface area contributed by atoms with E-state index in [4.69, 9.17) is 24.1 Å². The number of ketones is 1. The molecule has 0 saturated heterocycles. The number of rotatable bonds is 65. The molecule has 19 nitrogen and oxygen atoms in total. The highest BCUT2D eigenvalue weighted by molar-refractivity contribution is 8.01. The second-order valence-corrected chi connectivity index (χ2v) is 39.7. The quantitative estimate of drug-likeness (QED) is 0.0138. The van der Waals surface area contributed by atoms with Crippen LogP contribution in [0.5, 0.6) is 0 Å². The van der Waals surface area contributed by atoms with E-state index in [9.17, 15) is 33.6 Å². The smallest absolute Gasteiger partial charge is 0.305 e. The van der Waals surface area contributed by atoms with Crippen LogP contribution in [0.25, 0.3) is 0 Å². The van der Waals surface area contributed by atoms with E-state index in [-0.39, 0.29) is 158 Å². The van der Waals surface area contributed by atoms with E-state index in [2.05, 4.69) is 177 Å². The number of carbonyl (C=O) groups excluding carboxylic acids is 7. The summed E-state index contributed by atoms with van der Waals surface area (Å²) in [5, 5.41) is 27.7. The van der Waals surface area contributed by atoms with Gasteiger partial charge in [-0.2, -0.15) is 0 Å². The molecule has 12 aromatic rings. The largest absolute Gasteiger partial charge is 0.481 e. The van der Waals surface area contributed by atoms with Gasteiger partial charge in [-0.15, -0.1) is 47.0 Å². The molecule has 0 unspecified atom stereocenters. The Morgan fingerprint density at radius 2 is 0.468 bits per heavy atom. The summed E-state index contributed by atoms with van der Waals surface area (Å²) < 4.78 is 19.9. The molecule has 0 aliphatic heterocycles. The molecular weight excluding hydrogens is 1840 g/mol. The van der Waals surface area contributed by atoms with Gasteiger partial charge in [0.25, 0.3) is 0 Å². The molecule has 0 spiro atoms. The Bertz CT molecular complexity index is 5290. The topological polar surface area (TPSA) is 266 Å². The molecule has 0 aromatic heterocycles. The number of Topliss-reactive ketones (excluding diaryl/α,β-unsaturated/α-hetero) is 1. The van der Waals surface area contributed by atoms with Gasteiger partial charge < -0.3 is 56.0 Å². The molecule has 0 aliphatic carbocycles. The number of benzene rings is 12. The van der Waals surface area contributed by atoms with E-state index in [0.29, 0.717) is 81.2 Å². The molecule has 12 aromatic carbocycles. The van der Waals surface area contributed by atoms with Crippen LogP contribution in [-0.2, 0) is 76.3 Å². The van der Waals surface area contributed by atoms with E-state index >= 15 is 4.79 Å². The lowest BCUT2D eigenvalue weighted by Crippen LogP contribution is -2.47. The molecule has 3 atom stereocenters. The van der Waals surface area contributed by atoms with Crippen molar-refractivity contribution < 1.29 is 62.4 Å². The van der Waals surface area contributed by atoms with Crippen molar-refractivity contribution in [3.8, 4) is 0 Å². The van der Waals surface area contributed by atoms with Crippen molar-refractivity contribution in [3.63, 3.8) is 0 Å². The summed E-state index contributed by atoms with van der Waals surface area (Å²) in [7, 11) is 0. The lowest BCUT2D eigenvalue weighted by Gasteiger charge is -2.35. The second kappa shape index (κ2) is 59.6. The summed E-state index contributed by atoms with van der Waals surface area (Å²) in [6.45, 7) is 2.80. The maximum atomic E-state index is 15.4. The highest BCUT2D eigenvalue weighted by Crippen LogP contribution is 2.53. The summed E-state index contributed by atoms with van der Waals surface area (Å²) >= 11 is 6.75. The van der Waals surface area contributed by atoms with Crippen LogP contribution in [0.4, 0.5) is 0 Å². The number of aliphatic carboxylic acids is 1. The molecule has 0 aliphatic rings. The summed E-state index contributed by atoms with van der Waals surface area (Å²) in [6, 6.07) is 122. The molecule has 23 heteroatoms. The first kappa shape index (κ1) is 108. The number of ether oxygens (including phenoxy) is 4. The number of hydrogen-bond donors (Lipinski definition) is 7. The first-order valence-electron chi connectivity index (χ1n) is 49.2. The van der Waals surface area contributed by atoms with E-state index in [0.717, 1.165) is 66.8 Å². The Morgan fingerprint density at radius 1 is 0.241 bits per heavy atom. The second-order valence-electron chi connectivity index (χ2n) is 34.5. The minimum Gasteiger partial charge on any atom is -0.481 e. The summed E-state index contributed by atoms with van der Waals surface area (Å²) in [5.74, 6) is -1.93. The molecule has 12 rings (SSSR count). The molecule has 141 heavy (non-hydrogen) atoms. The summed E-state index contributed by atoms with van der Waals surface area (Å²) in [4.78, 5) is 113. The molecule has 0 heterocycles. The zero-order valence-electron chi connectivity index (χ0n) is 80.3. The van der Waals surface area contributed by atoms with Crippen LogP contribution in [0, 0.1) is 5.92 Å². The van der Waals surface area contributed by atoms with Crippen molar-refractivity contribution in [3.05, 3.63) is 431 Å². The maximum absolute atomic E-state index is 15.4. The SMILES string of the molecule is O=C(O)CCOCCOCCOCCOCCNC(=O)[C@H](CCCCNC(=O)[C@H](CCCCNC(=O)CCSC(c1ccccc1)(c1ccccc1)c1ccccc1)NC(=O)CCSC(c1ccccc1)(c1ccccc1)c1ccccc1)CC(=O)[C@H](CCCCNC(=O)CCSC(c1ccccc1)(c1ccccc1)c1ccccc1)NC(=O)CCSC(c1ccccc1)(c1ccccc1)c1ccccc1. The minimum atomic E-state index is -1.00. The van der Waals surface area contributed by atoms with Crippen molar-refractivity contribution >= 4 is 94.2 Å². The fourth-order valence-electron chi connectivity index (χ4n) is 17.8. The molecule has 7 N–H and O–H groups in total. The van der Waals surface area contributed by atoms with Gasteiger partial charge in [-0.25, -0.2) is 0 Å². The number of carboxylic acids is 1. The summed E-state index contributed by atoms with van der Waals surface area (Å²) in [5.41, 5.74) is 12.9. The van der Waals surface area contributed by atoms with Gasteiger partial charge in [0.2, 0.25) is 35.4 Å². The van der Waals surface area contributed by atoms with Crippen LogP contribution < -0.4 is 31.9 Å². The van der Waals surface area contributed by atoms with Gasteiger partial charge in [0.15, 0.2) is 5.78 Å². The summed E-state index contributed by atoms with van der Waals surface area (Å²) in [6.07, 6.45) is 3.85. The molecule has 736 valence electrons. The Labute approximate surface area is 848 Å². The van der Waals surface area contributed by atoms with E-state index in [1.54, 1.807) is 47.0 Å². The molecular formula is C118H132N6O13S4.